The molecule has 0 bridgehead atoms. The molecular weight excluding hydrogens is 476 g/mol. The minimum absolute atomic E-state index is 0.251. The first-order chi connectivity index (χ1) is 18.7. The van der Waals surface area contributed by atoms with E-state index in [0.717, 1.165) is 16.7 Å². The highest BCUT2D eigenvalue weighted by Crippen LogP contribution is 2.37. The van der Waals surface area contributed by atoms with Gasteiger partial charge in [0.25, 0.3) is 11.8 Å². The lowest BCUT2D eigenvalue weighted by atomic mass is 9.99. The molecule has 2 aromatic heterocycles. The molecule has 0 unspecified atom stereocenters. The molecule has 0 atom stereocenters. The van der Waals surface area contributed by atoms with Gasteiger partial charge in [0.1, 0.15) is 17.3 Å². The summed E-state index contributed by atoms with van der Waals surface area (Å²) in [5.41, 5.74) is 4.13. The van der Waals surface area contributed by atoms with E-state index < -0.39 is 0 Å². The van der Waals surface area contributed by atoms with Crippen LogP contribution in [-0.2, 0) is 6.54 Å². The van der Waals surface area contributed by atoms with Crippen molar-refractivity contribution in [2.24, 2.45) is 0 Å². The fourth-order valence-corrected chi connectivity index (χ4v) is 4.43. The molecule has 0 radical (unpaired) electrons. The molecule has 0 aliphatic carbocycles. The Bertz CT molecular complexity index is 1640. The molecule has 5 aromatic rings. The summed E-state index contributed by atoms with van der Waals surface area (Å²) in [6.45, 7) is 0.322. The van der Waals surface area contributed by atoms with Crippen LogP contribution in [0.3, 0.4) is 0 Å². The number of anilines is 2. The number of carbonyl (C=O) groups excluding carboxylic acids is 2. The summed E-state index contributed by atoms with van der Waals surface area (Å²) >= 11 is 0. The van der Waals surface area contributed by atoms with Gasteiger partial charge < -0.3 is 10.1 Å². The molecule has 1 N–H and O–H groups in total. The number of carbonyl (C=O) groups is 2. The third kappa shape index (κ3) is 4.49. The minimum Gasteiger partial charge on any atom is -0.437 e. The summed E-state index contributed by atoms with van der Waals surface area (Å²) in [6.07, 6.45) is 3.10. The molecule has 7 heteroatoms. The maximum absolute atomic E-state index is 13.6. The summed E-state index contributed by atoms with van der Waals surface area (Å²) in [5.74, 6) is 0.840. The number of hydrogen-bond donors (Lipinski definition) is 1. The van der Waals surface area contributed by atoms with Gasteiger partial charge >= 0.3 is 0 Å². The number of nitrogens with zero attached hydrogens (tertiary/aromatic N) is 3. The highest BCUT2D eigenvalue weighted by molar-refractivity contribution is 6.09. The first kappa shape index (κ1) is 23.1. The van der Waals surface area contributed by atoms with Gasteiger partial charge in [0.05, 0.1) is 12.1 Å². The van der Waals surface area contributed by atoms with Gasteiger partial charge in [-0.05, 0) is 47.5 Å². The highest BCUT2D eigenvalue weighted by Gasteiger charge is 2.27. The Labute approximate surface area is 219 Å². The first-order valence-corrected chi connectivity index (χ1v) is 12.1. The van der Waals surface area contributed by atoms with Crippen LogP contribution in [0.15, 0.2) is 116 Å². The molecule has 0 fully saturated rings. The van der Waals surface area contributed by atoms with Gasteiger partial charge in [0, 0.05) is 23.5 Å². The zero-order valence-electron chi connectivity index (χ0n) is 20.2. The first-order valence-electron chi connectivity index (χ1n) is 12.1. The standard InChI is InChI=1S/C31H22N4O3/c36-29(25-13-6-5-12-24(25)21-9-2-1-3-10-21)34-28-17-16-22(19-33-28)31(37)35-20-23-11-4-7-15-27(23)38-30-26(35)14-8-18-32-30/h1-19H,20H2,(H,33,34,36). The molecule has 184 valence electrons. The quantitative estimate of drug-likeness (QED) is 0.312. The van der Waals surface area contributed by atoms with Crippen LogP contribution in [0.5, 0.6) is 11.6 Å². The second kappa shape index (κ2) is 9.99. The molecule has 2 amide bonds. The van der Waals surface area contributed by atoms with Crippen molar-refractivity contribution in [3.63, 3.8) is 0 Å². The Kier molecular flexibility index (Phi) is 6.08. The van der Waals surface area contributed by atoms with Gasteiger partial charge in [-0.25, -0.2) is 9.97 Å². The summed E-state index contributed by atoms with van der Waals surface area (Å²) in [7, 11) is 0. The predicted octanol–water partition coefficient (Wildman–Crippen LogP) is 6.35. The lowest BCUT2D eigenvalue weighted by Crippen LogP contribution is -2.30. The van der Waals surface area contributed by atoms with Gasteiger partial charge in [0.15, 0.2) is 0 Å². The van der Waals surface area contributed by atoms with E-state index in [1.165, 1.54) is 6.20 Å². The van der Waals surface area contributed by atoms with E-state index in [9.17, 15) is 9.59 Å². The Morgan fingerprint density at radius 3 is 2.42 bits per heavy atom. The predicted molar refractivity (Wildman–Crippen MR) is 145 cm³/mol. The van der Waals surface area contributed by atoms with Crippen LogP contribution in [0.1, 0.15) is 26.3 Å². The van der Waals surface area contributed by atoms with Crippen molar-refractivity contribution in [1.29, 1.82) is 0 Å². The molecule has 1 aliphatic rings. The maximum Gasteiger partial charge on any atom is 0.260 e. The summed E-state index contributed by atoms with van der Waals surface area (Å²) in [6, 6.07) is 31.6. The van der Waals surface area contributed by atoms with Crippen LogP contribution < -0.4 is 15.0 Å². The fraction of sp³-hybridized carbons (Fsp3) is 0.0323. The van der Waals surface area contributed by atoms with Crippen molar-refractivity contribution in [3.8, 4) is 22.8 Å². The Balaban J connectivity index is 1.24. The van der Waals surface area contributed by atoms with Crippen molar-refractivity contribution >= 4 is 23.3 Å². The normalized spacial score (nSPS) is 11.9. The van der Waals surface area contributed by atoms with E-state index in [-0.39, 0.29) is 11.8 Å². The van der Waals surface area contributed by atoms with E-state index >= 15 is 0 Å². The van der Waals surface area contributed by atoms with Crippen LogP contribution in [0, 0.1) is 0 Å². The lowest BCUT2D eigenvalue weighted by molar-refractivity contribution is 0.0983. The number of hydrogen-bond acceptors (Lipinski definition) is 5. The monoisotopic (exact) mass is 498 g/mol. The van der Waals surface area contributed by atoms with Gasteiger partial charge in [-0.3, -0.25) is 14.5 Å². The van der Waals surface area contributed by atoms with Crippen LogP contribution in [0.4, 0.5) is 11.5 Å². The van der Waals surface area contributed by atoms with Crippen LogP contribution in [-0.4, -0.2) is 21.8 Å². The number of para-hydroxylation sites is 1. The second-order valence-corrected chi connectivity index (χ2v) is 8.73. The Morgan fingerprint density at radius 2 is 1.58 bits per heavy atom. The third-order valence-corrected chi connectivity index (χ3v) is 6.30. The van der Waals surface area contributed by atoms with Gasteiger partial charge in [-0.2, -0.15) is 0 Å². The summed E-state index contributed by atoms with van der Waals surface area (Å²) < 4.78 is 6.00. The van der Waals surface area contributed by atoms with Gasteiger partial charge in [-0.1, -0.05) is 66.7 Å². The highest BCUT2D eigenvalue weighted by atomic mass is 16.5. The van der Waals surface area contributed by atoms with Crippen molar-refractivity contribution in [3.05, 3.63) is 132 Å². The van der Waals surface area contributed by atoms with Crippen molar-refractivity contribution in [2.45, 2.75) is 6.54 Å². The number of amides is 2. The maximum atomic E-state index is 13.6. The average molecular weight is 499 g/mol. The number of benzene rings is 3. The molecule has 38 heavy (non-hydrogen) atoms. The second-order valence-electron chi connectivity index (χ2n) is 8.73. The van der Waals surface area contributed by atoms with E-state index in [1.807, 2.05) is 72.8 Å². The zero-order chi connectivity index (χ0) is 25.9. The number of rotatable bonds is 4. The van der Waals surface area contributed by atoms with Crippen LogP contribution in [0.2, 0.25) is 0 Å². The summed E-state index contributed by atoms with van der Waals surface area (Å²) in [4.78, 5) is 37.0. The van der Waals surface area contributed by atoms with E-state index in [0.29, 0.717) is 40.8 Å². The number of fused-ring (bicyclic) bond motifs is 2. The molecule has 6 rings (SSSR count). The summed E-state index contributed by atoms with van der Waals surface area (Å²) in [5, 5.41) is 2.85. The van der Waals surface area contributed by atoms with E-state index in [2.05, 4.69) is 15.3 Å². The van der Waals surface area contributed by atoms with Crippen molar-refractivity contribution in [2.75, 3.05) is 10.2 Å². The molecule has 7 nitrogen and oxygen atoms in total. The number of aromatic nitrogens is 2. The molecular formula is C31H22N4O3. The molecule has 0 saturated carbocycles. The topological polar surface area (TPSA) is 84.4 Å². The third-order valence-electron chi connectivity index (χ3n) is 6.30. The van der Waals surface area contributed by atoms with E-state index in [4.69, 9.17) is 4.74 Å². The fourth-order valence-electron chi connectivity index (χ4n) is 4.43. The van der Waals surface area contributed by atoms with E-state index in [1.54, 1.807) is 41.4 Å². The Hall–Kier alpha value is -5.30. The van der Waals surface area contributed by atoms with Crippen LogP contribution >= 0.6 is 0 Å². The minimum atomic E-state index is -0.280. The average Bonchev–Trinajstić information content (AvgIpc) is 3.14. The van der Waals surface area contributed by atoms with Crippen molar-refractivity contribution < 1.29 is 14.3 Å². The van der Waals surface area contributed by atoms with Gasteiger partial charge in [0.2, 0.25) is 5.88 Å². The number of nitrogens with one attached hydrogen (secondary N) is 1. The smallest absolute Gasteiger partial charge is 0.260 e. The van der Waals surface area contributed by atoms with Crippen molar-refractivity contribution in [1.82, 2.24) is 9.97 Å². The number of pyridine rings is 2. The molecule has 0 saturated heterocycles. The zero-order valence-corrected chi connectivity index (χ0v) is 20.2. The Morgan fingerprint density at radius 1 is 0.789 bits per heavy atom. The largest absolute Gasteiger partial charge is 0.437 e. The molecule has 1 aliphatic heterocycles. The van der Waals surface area contributed by atoms with Crippen LogP contribution in [0.25, 0.3) is 11.1 Å². The molecule has 0 spiro atoms. The number of ether oxygens (including phenoxy) is 1. The molecule has 3 aromatic carbocycles. The SMILES string of the molecule is O=C(Nc1ccc(C(=O)N2Cc3ccccc3Oc3ncccc32)cn1)c1ccccc1-c1ccccc1. The lowest BCUT2D eigenvalue weighted by Gasteiger charge is -2.21. The molecule has 3 heterocycles. The van der Waals surface area contributed by atoms with Gasteiger partial charge in [-0.15, -0.1) is 0 Å².